The predicted octanol–water partition coefficient (Wildman–Crippen LogP) is 2.97. The Labute approximate surface area is 182 Å². The van der Waals surface area contributed by atoms with E-state index in [-0.39, 0.29) is 5.91 Å². The number of fused-ring (bicyclic) bond motifs is 1. The van der Waals surface area contributed by atoms with Gasteiger partial charge in [-0.15, -0.1) is 0 Å². The number of imidazole rings is 1. The molecule has 3 aromatic rings. The lowest BCUT2D eigenvalue weighted by Gasteiger charge is -2.18. The van der Waals surface area contributed by atoms with E-state index in [1.165, 1.54) is 0 Å². The molecule has 0 unspecified atom stereocenters. The van der Waals surface area contributed by atoms with Gasteiger partial charge in [0.1, 0.15) is 11.6 Å². The normalized spacial score (nSPS) is 10.4. The number of para-hydroxylation sites is 2. The maximum Gasteiger partial charge on any atom is 0.300 e. The summed E-state index contributed by atoms with van der Waals surface area (Å²) < 4.78 is 7.78. The summed E-state index contributed by atoms with van der Waals surface area (Å²) in [5.41, 5.74) is 9.10. The van der Waals surface area contributed by atoms with E-state index in [0.717, 1.165) is 41.5 Å². The van der Waals surface area contributed by atoms with Crippen molar-refractivity contribution in [2.45, 2.75) is 26.8 Å². The molecule has 0 aliphatic rings. The van der Waals surface area contributed by atoms with Gasteiger partial charge in [0.25, 0.3) is 11.9 Å². The van der Waals surface area contributed by atoms with Gasteiger partial charge in [-0.2, -0.15) is 0 Å². The fourth-order valence-corrected chi connectivity index (χ4v) is 3.00. The number of amides is 1. The van der Waals surface area contributed by atoms with Crippen LogP contribution >= 0.6 is 0 Å². The number of carboxylic acids is 1. The van der Waals surface area contributed by atoms with Crippen LogP contribution in [0.5, 0.6) is 5.75 Å². The molecule has 3 N–H and O–H groups in total. The zero-order valence-corrected chi connectivity index (χ0v) is 18.5. The van der Waals surface area contributed by atoms with E-state index in [9.17, 15) is 4.79 Å². The van der Waals surface area contributed by atoms with Gasteiger partial charge in [-0.3, -0.25) is 9.59 Å². The Morgan fingerprint density at radius 2 is 1.90 bits per heavy atom. The van der Waals surface area contributed by atoms with Crippen LogP contribution in [-0.4, -0.2) is 51.6 Å². The van der Waals surface area contributed by atoms with Gasteiger partial charge in [0.2, 0.25) is 0 Å². The minimum Gasteiger partial charge on any atom is -0.493 e. The summed E-state index contributed by atoms with van der Waals surface area (Å²) in [4.78, 5) is 28.2. The Morgan fingerprint density at radius 3 is 2.55 bits per heavy atom. The number of aromatic nitrogens is 2. The van der Waals surface area contributed by atoms with E-state index < -0.39 is 5.97 Å². The number of carbonyl (C=O) groups is 2. The molecule has 8 heteroatoms. The standard InChI is InChI=1S/C21H26N4O2.C2H4O2/c1-15-9-10-16(13-19(15)27-12-6-11-22)21(26)24(2)14-20-23-17-7-4-5-8-18(17)25(20)3;1-2(3)4/h4-5,7-10,13H,6,11-12,14,22H2,1-3H3;1H3,(H,3,4). The lowest BCUT2D eigenvalue weighted by atomic mass is 10.1. The first-order valence-corrected chi connectivity index (χ1v) is 10.0. The molecule has 0 aliphatic heterocycles. The monoisotopic (exact) mass is 426 g/mol. The smallest absolute Gasteiger partial charge is 0.300 e. The highest BCUT2D eigenvalue weighted by Gasteiger charge is 2.17. The molecule has 0 bridgehead atoms. The Balaban J connectivity index is 0.000000785. The topological polar surface area (TPSA) is 111 Å². The first-order chi connectivity index (χ1) is 14.7. The SMILES string of the molecule is CC(=O)O.Cc1ccc(C(=O)N(C)Cc2nc3ccccc3n2C)cc1OCCCN. The molecule has 0 fully saturated rings. The number of carbonyl (C=O) groups excluding carboxylic acids is 1. The van der Waals surface area contributed by atoms with Crippen LogP contribution in [0.25, 0.3) is 11.0 Å². The van der Waals surface area contributed by atoms with Gasteiger partial charge in [-0.05, 0) is 49.7 Å². The molecular formula is C23H30N4O4. The van der Waals surface area contributed by atoms with Crippen LogP contribution in [0.4, 0.5) is 0 Å². The second-order valence-electron chi connectivity index (χ2n) is 7.23. The number of ether oxygens (including phenoxy) is 1. The number of carboxylic acid groups (broad SMARTS) is 1. The fraction of sp³-hybridized carbons (Fsp3) is 0.348. The zero-order valence-electron chi connectivity index (χ0n) is 18.5. The van der Waals surface area contributed by atoms with Crippen molar-refractivity contribution in [3.05, 3.63) is 59.4 Å². The number of aryl methyl sites for hydroxylation is 2. The van der Waals surface area contributed by atoms with Crippen LogP contribution in [0.1, 0.15) is 35.1 Å². The summed E-state index contributed by atoms with van der Waals surface area (Å²) in [5, 5.41) is 7.42. The molecule has 1 aromatic heterocycles. The second kappa shape index (κ2) is 11.1. The Hall–Kier alpha value is -3.39. The molecule has 3 rings (SSSR count). The summed E-state index contributed by atoms with van der Waals surface area (Å²) in [6.45, 7) is 4.61. The molecule has 0 saturated heterocycles. The lowest BCUT2D eigenvalue weighted by molar-refractivity contribution is -0.134. The van der Waals surface area contributed by atoms with Crippen molar-refractivity contribution >= 4 is 22.9 Å². The molecule has 0 saturated carbocycles. The predicted molar refractivity (Wildman–Crippen MR) is 120 cm³/mol. The van der Waals surface area contributed by atoms with Crippen molar-refractivity contribution in [2.24, 2.45) is 12.8 Å². The van der Waals surface area contributed by atoms with E-state index in [1.807, 2.05) is 54.9 Å². The Kier molecular flexibility index (Phi) is 8.57. The number of hydrogen-bond donors (Lipinski definition) is 2. The van der Waals surface area contributed by atoms with Gasteiger partial charge in [-0.1, -0.05) is 18.2 Å². The molecule has 1 heterocycles. The van der Waals surface area contributed by atoms with E-state index in [4.69, 9.17) is 20.4 Å². The number of hydrogen-bond acceptors (Lipinski definition) is 5. The number of rotatable bonds is 7. The molecule has 0 radical (unpaired) electrons. The number of nitrogens with zero attached hydrogens (tertiary/aromatic N) is 3. The maximum atomic E-state index is 12.9. The lowest BCUT2D eigenvalue weighted by Crippen LogP contribution is -2.27. The van der Waals surface area contributed by atoms with Gasteiger partial charge < -0.3 is 25.0 Å². The molecule has 0 atom stereocenters. The molecule has 8 nitrogen and oxygen atoms in total. The number of aliphatic carboxylic acids is 1. The molecule has 31 heavy (non-hydrogen) atoms. The highest BCUT2D eigenvalue weighted by Crippen LogP contribution is 2.21. The van der Waals surface area contributed by atoms with Crippen molar-refractivity contribution in [2.75, 3.05) is 20.2 Å². The number of benzene rings is 2. The summed E-state index contributed by atoms with van der Waals surface area (Å²) in [6.07, 6.45) is 0.782. The van der Waals surface area contributed by atoms with Crippen LogP contribution in [0.2, 0.25) is 0 Å². The average molecular weight is 427 g/mol. The Bertz CT molecular complexity index is 1040. The molecule has 2 aromatic carbocycles. The molecule has 1 amide bonds. The summed E-state index contributed by atoms with van der Waals surface area (Å²) >= 11 is 0. The van der Waals surface area contributed by atoms with Gasteiger partial charge in [0, 0.05) is 26.6 Å². The highest BCUT2D eigenvalue weighted by molar-refractivity contribution is 5.94. The molecular weight excluding hydrogens is 396 g/mol. The molecule has 166 valence electrons. The van der Waals surface area contributed by atoms with Gasteiger partial charge in [0.05, 0.1) is 24.2 Å². The van der Waals surface area contributed by atoms with Gasteiger partial charge in [-0.25, -0.2) is 4.98 Å². The van der Waals surface area contributed by atoms with E-state index >= 15 is 0 Å². The van der Waals surface area contributed by atoms with E-state index in [0.29, 0.717) is 25.3 Å². The maximum absolute atomic E-state index is 12.9. The third kappa shape index (κ3) is 6.55. The zero-order chi connectivity index (χ0) is 23.0. The first kappa shape index (κ1) is 23.9. The quantitative estimate of drug-likeness (QED) is 0.562. The number of nitrogens with two attached hydrogens (primary N) is 1. The van der Waals surface area contributed by atoms with E-state index in [1.54, 1.807) is 18.0 Å². The summed E-state index contributed by atoms with van der Waals surface area (Å²) in [6, 6.07) is 13.5. The summed E-state index contributed by atoms with van der Waals surface area (Å²) in [7, 11) is 3.76. The summed E-state index contributed by atoms with van der Waals surface area (Å²) in [5.74, 6) is 0.676. The van der Waals surface area contributed by atoms with Crippen LogP contribution in [0.15, 0.2) is 42.5 Å². The van der Waals surface area contributed by atoms with Crippen molar-refractivity contribution in [3.8, 4) is 5.75 Å². The van der Waals surface area contributed by atoms with Crippen molar-refractivity contribution in [3.63, 3.8) is 0 Å². The highest BCUT2D eigenvalue weighted by atomic mass is 16.5. The average Bonchev–Trinajstić information content (AvgIpc) is 3.04. The molecule has 0 aliphatic carbocycles. The van der Waals surface area contributed by atoms with Crippen molar-refractivity contribution in [1.82, 2.24) is 14.5 Å². The second-order valence-corrected chi connectivity index (χ2v) is 7.23. The third-order valence-corrected chi connectivity index (χ3v) is 4.65. The van der Waals surface area contributed by atoms with Crippen LogP contribution in [-0.2, 0) is 18.4 Å². The first-order valence-electron chi connectivity index (χ1n) is 10.0. The van der Waals surface area contributed by atoms with Crippen molar-refractivity contribution < 1.29 is 19.4 Å². The van der Waals surface area contributed by atoms with Crippen LogP contribution in [0.3, 0.4) is 0 Å². The van der Waals surface area contributed by atoms with E-state index in [2.05, 4.69) is 4.98 Å². The van der Waals surface area contributed by atoms with Crippen LogP contribution in [0, 0.1) is 6.92 Å². The molecule has 0 spiro atoms. The fourth-order valence-electron chi connectivity index (χ4n) is 3.00. The minimum atomic E-state index is -0.833. The van der Waals surface area contributed by atoms with Crippen molar-refractivity contribution in [1.29, 1.82) is 0 Å². The van der Waals surface area contributed by atoms with Crippen LogP contribution < -0.4 is 10.5 Å². The third-order valence-electron chi connectivity index (χ3n) is 4.65. The largest absolute Gasteiger partial charge is 0.493 e. The minimum absolute atomic E-state index is 0.0641. The van der Waals surface area contributed by atoms with Gasteiger partial charge in [0.15, 0.2) is 0 Å². The van der Waals surface area contributed by atoms with Gasteiger partial charge >= 0.3 is 0 Å². The Morgan fingerprint density at radius 1 is 1.23 bits per heavy atom.